The number of benzene rings is 2. The van der Waals surface area contributed by atoms with Crippen molar-refractivity contribution in [1.82, 2.24) is 10.2 Å². The predicted molar refractivity (Wildman–Crippen MR) is 106 cm³/mol. The standard InChI is InChI=1S/C21H16F4N4O2/c1-11-15(20(31)27-18-8-12-10-26-28-17(12)9-16(18)22)6-7-19(30)29(11)14-4-2-13(3-5-14)21(23,24)25/h2-5,8-10H,6-7H2,1H3,(H,26,28)(H,27,31). The Kier molecular flexibility index (Phi) is 5.00. The van der Waals surface area contributed by atoms with Gasteiger partial charge >= 0.3 is 6.18 Å². The Morgan fingerprint density at radius 3 is 2.55 bits per heavy atom. The zero-order valence-corrected chi connectivity index (χ0v) is 16.2. The molecule has 10 heteroatoms. The lowest BCUT2D eigenvalue weighted by molar-refractivity contribution is -0.137. The van der Waals surface area contributed by atoms with Gasteiger partial charge in [0, 0.05) is 34.8 Å². The van der Waals surface area contributed by atoms with Gasteiger partial charge < -0.3 is 5.32 Å². The van der Waals surface area contributed by atoms with Crippen LogP contribution in [0.2, 0.25) is 0 Å². The molecule has 2 aromatic carbocycles. The molecule has 0 aliphatic carbocycles. The number of nitrogens with zero attached hydrogens (tertiary/aromatic N) is 2. The minimum atomic E-state index is -4.50. The SMILES string of the molecule is CC1=C(C(=O)Nc2cc3cn[nH]c3cc2F)CCC(=O)N1c1ccc(C(F)(F)F)cc1. The van der Waals surface area contributed by atoms with E-state index in [2.05, 4.69) is 15.5 Å². The third-order valence-corrected chi connectivity index (χ3v) is 5.11. The lowest BCUT2D eigenvalue weighted by atomic mass is 10.00. The van der Waals surface area contributed by atoms with Crippen LogP contribution in [0.3, 0.4) is 0 Å². The first kappa shape index (κ1) is 20.6. The van der Waals surface area contributed by atoms with Gasteiger partial charge in [-0.05, 0) is 43.7 Å². The highest BCUT2D eigenvalue weighted by atomic mass is 19.4. The number of hydrogen-bond acceptors (Lipinski definition) is 3. The second kappa shape index (κ2) is 7.53. The number of amides is 2. The van der Waals surface area contributed by atoms with Crippen LogP contribution in [0.5, 0.6) is 0 Å². The highest BCUT2D eigenvalue weighted by Gasteiger charge is 2.32. The number of allylic oxidation sites excluding steroid dienone is 1. The van der Waals surface area contributed by atoms with Gasteiger partial charge in [0.05, 0.1) is 23.0 Å². The molecule has 0 spiro atoms. The molecule has 4 rings (SSSR count). The Morgan fingerprint density at radius 1 is 1.16 bits per heavy atom. The fourth-order valence-electron chi connectivity index (χ4n) is 3.52. The van der Waals surface area contributed by atoms with Gasteiger partial charge in [-0.3, -0.25) is 19.6 Å². The van der Waals surface area contributed by atoms with E-state index < -0.39 is 23.5 Å². The number of H-pyrrole nitrogens is 1. The van der Waals surface area contributed by atoms with Crippen molar-refractivity contribution in [3.8, 4) is 0 Å². The molecule has 0 bridgehead atoms. The molecule has 1 aliphatic rings. The molecule has 2 amide bonds. The van der Waals surface area contributed by atoms with Gasteiger partial charge in [0.2, 0.25) is 5.91 Å². The van der Waals surface area contributed by atoms with Gasteiger partial charge in [0.25, 0.3) is 5.91 Å². The molecule has 6 nitrogen and oxygen atoms in total. The second-order valence-corrected chi connectivity index (χ2v) is 7.08. The lowest BCUT2D eigenvalue weighted by Crippen LogP contribution is -2.36. The van der Waals surface area contributed by atoms with E-state index in [1.807, 2.05) is 0 Å². The molecule has 3 aromatic rings. The Bertz CT molecular complexity index is 1210. The third-order valence-electron chi connectivity index (χ3n) is 5.11. The number of halogens is 4. The van der Waals surface area contributed by atoms with Gasteiger partial charge in [-0.25, -0.2) is 4.39 Å². The number of rotatable bonds is 3. The maximum absolute atomic E-state index is 14.3. The van der Waals surface area contributed by atoms with Gasteiger partial charge in [-0.1, -0.05) is 0 Å². The molecule has 1 aliphatic heterocycles. The monoisotopic (exact) mass is 432 g/mol. The van der Waals surface area contributed by atoms with E-state index in [0.717, 1.165) is 12.1 Å². The van der Waals surface area contributed by atoms with E-state index in [4.69, 9.17) is 0 Å². The van der Waals surface area contributed by atoms with Crippen molar-refractivity contribution in [3.05, 3.63) is 65.2 Å². The van der Waals surface area contributed by atoms with Crippen LogP contribution in [0.25, 0.3) is 10.9 Å². The first-order chi connectivity index (χ1) is 14.6. The zero-order chi connectivity index (χ0) is 22.3. The normalized spacial score (nSPS) is 15.0. The number of fused-ring (bicyclic) bond motifs is 1. The molecule has 0 fully saturated rings. The summed E-state index contributed by atoms with van der Waals surface area (Å²) in [5.74, 6) is -1.60. The summed E-state index contributed by atoms with van der Waals surface area (Å²) >= 11 is 0. The minimum absolute atomic E-state index is 0.00956. The Morgan fingerprint density at radius 2 is 1.87 bits per heavy atom. The Balaban J connectivity index is 1.63. The summed E-state index contributed by atoms with van der Waals surface area (Å²) < 4.78 is 52.8. The largest absolute Gasteiger partial charge is 0.416 e. The van der Waals surface area contributed by atoms with Crippen molar-refractivity contribution in [2.45, 2.75) is 25.9 Å². The molecular weight excluding hydrogens is 416 g/mol. The summed E-state index contributed by atoms with van der Waals surface area (Å²) in [7, 11) is 0. The van der Waals surface area contributed by atoms with E-state index in [1.54, 1.807) is 0 Å². The van der Waals surface area contributed by atoms with Crippen molar-refractivity contribution in [1.29, 1.82) is 0 Å². The topological polar surface area (TPSA) is 78.1 Å². The van der Waals surface area contributed by atoms with Crippen LogP contribution in [0.15, 0.2) is 53.9 Å². The molecule has 0 saturated carbocycles. The quantitative estimate of drug-likeness (QED) is 0.586. The van der Waals surface area contributed by atoms with Crippen LogP contribution >= 0.6 is 0 Å². The van der Waals surface area contributed by atoms with E-state index >= 15 is 0 Å². The number of carbonyl (C=O) groups is 2. The molecule has 31 heavy (non-hydrogen) atoms. The average molecular weight is 432 g/mol. The smallest absolute Gasteiger partial charge is 0.320 e. The number of alkyl halides is 3. The number of carbonyl (C=O) groups excluding carboxylic acids is 2. The number of aromatic nitrogens is 2. The summed E-state index contributed by atoms with van der Waals surface area (Å²) in [6.07, 6.45) is -2.89. The number of anilines is 2. The van der Waals surface area contributed by atoms with Crippen molar-refractivity contribution >= 4 is 34.1 Å². The minimum Gasteiger partial charge on any atom is -0.320 e. The predicted octanol–water partition coefficient (Wildman–Crippen LogP) is 4.76. The maximum atomic E-state index is 14.3. The molecular formula is C21H16F4N4O2. The number of nitrogens with one attached hydrogen (secondary N) is 2. The Labute approximate surface area is 173 Å². The fourth-order valence-corrected chi connectivity index (χ4v) is 3.52. The summed E-state index contributed by atoms with van der Waals surface area (Å²) in [6.45, 7) is 1.53. The average Bonchev–Trinajstić information content (AvgIpc) is 3.15. The molecule has 0 saturated heterocycles. The first-order valence-electron chi connectivity index (χ1n) is 9.29. The molecule has 1 aromatic heterocycles. The van der Waals surface area contributed by atoms with E-state index in [-0.39, 0.29) is 41.4 Å². The van der Waals surface area contributed by atoms with Gasteiger partial charge in [0.1, 0.15) is 5.82 Å². The summed E-state index contributed by atoms with van der Waals surface area (Å²) in [4.78, 5) is 26.5. The fraction of sp³-hybridized carbons (Fsp3) is 0.190. The highest BCUT2D eigenvalue weighted by Crippen LogP contribution is 2.34. The molecule has 160 valence electrons. The van der Waals surface area contributed by atoms with Gasteiger partial charge in [-0.2, -0.15) is 18.3 Å². The second-order valence-electron chi connectivity index (χ2n) is 7.08. The third kappa shape index (κ3) is 3.88. The van der Waals surface area contributed by atoms with Crippen molar-refractivity contribution in [3.63, 3.8) is 0 Å². The highest BCUT2D eigenvalue weighted by molar-refractivity contribution is 6.09. The van der Waals surface area contributed by atoms with Crippen LogP contribution in [0.1, 0.15) is 25.3 Å². The molecule has 2 N–H and O–H groups in total. The van der Waals surface area contributed by atoms with Crippen molar-refractivity contribution < 1.29 is 27.2 Å². The zero-order valence-electron chi connectivity index (χ0n) is 16.2. The van der Waals surface area contributed by atoms with Crippen LogP contribution in [0.4, 0.5) is 28.9 Å². The Hall–Kier alpha value is -3.69. The van der Waals surface area contributed by atoms with Crippen LogP contribution < -0.4 is 10.2 Å². The van der Waals surface area contributed by atoms with Crippen molar-refractivity contribution in [2.75, 3.05) is 10.2 Å². The summed E-state index contributed by atoms with van der Waals surface area (Å²) in [5.41, 5.74) is 0.321. The molecule has 0 radical (unpaired) electrons. The van der Waals surface area contributed by atoms with E-state index in [9.17, 15) is 27.2 Å². The number of aromatic amines is 1. The van der Waals surface area contributed by atoms with E-state index in [1.165, 1.54) is 42.3 Å². The first-order valence-corrected chi connectivity index (χ1v) is 9.29. The maximum Gasteiger partial charge on any atom is 0.416 e. The van der Waals surface area contributed by atoms with Crippen LogP contribution in [-0.4, -0.2) is 22.0 Å². The van der Waals surface area contributed by atoms with E-state index in [0.29, 0.717) is 10.9 Å². The van der Waals surface area contributed by atoms with Crippen molar-refractivity contribution in [2.24, 2.45) is 0 Å². The van der Waals surface area contributed by atoms with Gasteiger partial charge in [0.15, 0.2) is 0 Å². The number of hydrogen-bond donors (Lipinski definition) is 2. The molecule has 0 unspecified atom stereocenters. The molecule has 2 heterocycles. The van der Waals surface area contributed by atoms with Crippen LogP contribution in [-0.2, 0) is 15.8 Å². The summed E-state index contributed by atoms with van der Waals surface area (Å²) in [6, 6.07) is 6.75. The lowest BCUT2D eigenvalue weighted by Gasteiger charge is -2.30. The molecule has 0 atom stereocenters. The van der Waals surface area contributed by atoms with Crippen LogP contribution in [0, 0.1) is 5.82 Å². The van der Waals surface area contributed by atoms with Gasteiger partial charge in [-0.15, -0.1) is 0 Å². The summed E-state index contributed by atoms with van der Waals surface area (Å²) in [5, 5.41) is 9.55.